The maximum atomic E-state index is 11.9. The minimum Gasteiger partial charge on any atom is -0.465 e. The van der Waals surface area contributed by atoms with Crippen LogP contribution in [0.25, 0.3) is 0 Å². The summed E-state index contributed by atoms with van der Waals surface area (Å²) in [4.78, 5) is 38.2. The van der Waals surface area contributed by atoms with Gasteiger partial charge in [-0.2, -0.15) is 0 Å². The van der Waals surface area contributed by atoms with E-state index in [4.69, 9.17) is 5.11 Å². The molecule has 7 heteroatoms. The maximum Gasteiger partial charge on any atom is 0.405 e. The van der Waals surface area contributed by atoms with Gasteiger partial charge in [-0.05, 0) is 18.6 Å². The lowest BCUT2D eigenvalue weighted by molar-refractivity contribution is -0.136. The molecule has 3 N–H and O–H groups in total. The first-order valence-corrected chi connectivity index (χ1v) is 6.30. The van der Waals surface area contributed by atoms with Gasteiger partial charge in [-0.1, -0.05) is 25.8 Å². The molecule has 20 heavy (non-hydrogen) atoms. The number of nitrogens with zero attached hydrogens (tertiary/aromatic N) is 1. The van der Waals surface area contributed by atoms with Crippen molar-refractivity contribution in [3.63, 3.8) is 0 Å². The third-order valence-corrected chi connectivity index (χ3v) is 2.59. The molecule has 0 spiro atoms. The topological polar surface area (TPSA) is 108 Å². The van der Waals surface area contributed by atoms with Gasteiger partial charge in [-0.25, -0.2) is 9.78 Å². The highest BCUT2D eigenvalue weighted by molar-refractivity contribution is 6.42. The van der Waals surface area contributed by atoms with Crippen LogP contribution < -0.4 is 10.6 Å². The molecule has 0 saturated carbocycles. The van der Waals surface area contributed by atoms with Crippen molar-refractivity contribution in [3.05, 3.63) is 24.4 Å². The fourth-order valence-corrected chi connectivity index (χ4v) is 1.60. The average Bonchev–Trinajstić information content (AvgIpc) is 2.43. The Morgan fingerprint density at radius 2 is 2.10 bits per heavy atom. The van der Waals surface area contributed by atoms with Crippen molar-refractivity contribution in [1.29, 1.82) is 0 Å². The third kappa shape index (κ3) is 5.05. The van der Waals surface area contributed by atoms with E-state index < -0.39 is 23.8 Å². The third-order valence-electron chi connectivity index (χ3n) is 2.59. The van der Waals surface area contributed by atoms with Crippen molar-refractivity contribution < 1.29 is 19.5 Å². The fourth-order valence-electron chi connectivity index (χ4n) is 1.60. The quantitative estimate of drug-likeness (QED) is 0.654. The molecule has 1 rings (SSSR count). The van der Waals surface area contributed by atoms with Crippen molar-refractivity contribution >= 4 is 23.6 Å². The molecule has 1 heterocycles. The van der Waals surface area contributed by atoms with Gasteiger partial charge in [0.15, 0.2) is 0 Å². The number of rotatable bonds is 7. The summed E-state index contributed by atoms with van der Waals surface area (Å²) in [7, 11) is 0. The van der Waals surface area contributed by atoms with E-state index in [9.17, 15) is 14.4 Å². The Morgan fingerprint density at radius 3 is 2.65 bits per heavy atom. The van der Waals surface area contributed by atoms with Gasteiger partial charge < -0.3 is 15.7 Å². The lowest BCUT2D eigenvalue weighted by Gasteiger charge is -2.14. The van der Waals surface area contributed by atoms with Crippen LogP contribution in [0.2, 0.25) is 0 Å². The Bertz CT molecular complexity index is 476. The minimum atomic E-state index is -1.33. The molecule has 0 aromatic carbocycles. The van der Waals surface area contributed by atoms with E-state index in [0.29, 0.717) is 6.42 Å². The first-order chi connectivity index (χ1) is 9.54. The van der Waals surface area contributed by atoms with E-state index >= 15 is 0 Å². The van der Waals surface area contributed by atoms with E-state index in [0.717, 1.165) is 6.42 Å². The van der Waals surface area contributed by atoms with Crippen LogP contribution in [0.15, 0.2) is 24.4 Å². The second-order valence-corrected chi connectivity index (χ2v) is 4.18. The fraction of sp³-hybridized carbons (Fsp3) is 0.385. The van der Waals surface area contributed by atoms with Crippen molar-refractivity contribution in [2.75, 3.05) is 5.32 Å². The molecule has 0 bridgehead atoms. The number of carboxylic acid groups (broad SMARTS) is 1. The highest BCUT2D eigenvalue weighted by atomic mass is 16.4. The molecular formula is C13H17N3O4. The Labute approximate surface area is 116 Å². The number of Topliss-reactive ketones (excluding diaryl/α,β-unsaturated/α-hetero) is 1. The lowest BCUT2D eigenvalue weighted by Crippen LogP contribution is -2.45. The van der Waals surface area contributed by atoms with Crippen molar-refractivity contribution in [2.45, 2.75) is 32.2 Å². The van der Waals surface area contributed by atoms with Gasteiger partial charge in [0.05, 0.1) is 0 Å². The van der Waals surface area contributed by atoms with Crippen LogP contribution in [0, 0.1) is 0 Å². The Hall–Kier alpha value is -2.44. The van der Waals surface area contributed by atoms with E-state index in [2.05, 4.69) is 15.6 Å². The predicted octanol–water partition coefficient (Wildman–Crippen LogP) is 1.42. The molecule has 0 fully saturated rings. The number of amides is 2. The number of unbranched alkanes of at least 4 members (excludes halogenated alkanes) is 1. The van der Waals surface area contributed by atoms with Crippen molar-refractivity contribution in [2.24, 2.45) is 0 Å². The largest absolute Gasteiger partial charge is 0.465 e. The van der Waals surface area contributed by atoms with Gasteiger partial charge in [0, 0.05) is 6.20 Å². The molecule has 108 valence electrons. The zero-order chi connectivity index (χ0) is 15.0. The summed E-state index contributed by atoms with van der Waals surface area (Å²) in [6.45, 7) is 1.91. The van der Waals surface area contributed by atoms with Crippen molar-refractivity contribution in [1.82, 2.24) is 10.3 Å². The summed E-state index contributed by atoms with van der Waals surface area (Å²) in [6, 6.07) is 3.85. The van der Waals surface area contributed by atoms with Crippen LogP contribution >= 0.6 is 0 Å². The maximum absolute atomic E-state index is 11.9. The van der Waals surface area contributed by atoms with Crippen LogP contribution in [0.3, 0.4) is 0 Å². The summed E-state index contributed by atoms with van der Waals surface area (Å²) in [5.41, 5.74) is 0. The Balaban J connectivity index is 2.67. The zero-order valence-electron chi connectivity index (χ0n) is 11.1. The standard InChI is InChI=1S/C13H17N3O4/c1-2-3-6-9(15-13(19)20)11(17)12(18)16-10-7-4-5-8-14-10/h4-5,7-9,15H,2-3,6H2,1H3,(H,19,20)(H,14,16,18)/t9-/m0/s1. The summed E-state index contributed by atoms with van der Waals surface area (Å²) in [5, 5.41) is 13.1. The van der Waals surface area contributed by atoms with Crippen LogP contribution in [0.4, 0.5) is 10.6 Å². The molecule has 0 aliphatic rings. The number of hydrogen-bond acceptors (Lipinski definition) is 4. The number of anilines is 1. The minimum absolute atomic E-state index is 0.246. The van der Waals surface area contributed by atoms with Gasteiger partial charge in [0.2, 0.25) is 5.78 Å². The molecule has 2 amide bonds. The molecule has 0 unspecified atom stereocenters. The smallest absolute Gasteiger partial charge is 0.405 e. The average molecular weight is 279 g/mol. The molecule has 0 aliphatic heterocycles. The lowest BCUT2D eigenvalue weighted by atomic mass is 10.1. The zero-order valence-corrected chi connectivity index (χ0v) is 11.1. The van der Waals surface area contributed by atoms with E-state index in [1.54, 1.807) is 12.1 Å². The van der Waals surface area contributed by atoms with Crippen LogP contribution in [0.5, 0.6) is 0 Å². The monoisotopic (exact) mass is 279 g/mol. The van der Waals surface area contributed by atoms with Gasteiger partial charge in [0.25, 0.3) is 5.91 Å². The van der Waals surface area contributed by atoms with Crippen LogP contribution in [-0.2, 0) is 9.59 Å². The molecule has 7 nitrogen and oxygen atoms in total. The SMILES string of the molecule is CCCC[C@H](NC(=O)O)C(=O)C(=O)Nc1ccccn1. The summed E-state index contributed by atoms with van der Waals surface area (Å²) < 4.78 is 0. The number of pyridine rings is 1. The molecular weight excluding hydrogens is 262 g/mol. The summed E-state index contributed by atoms with van der Waals surface area (Å²) >= 11 is 0. The Morgan fingerprint density at radius 1 is 1.35 bits per heavy atom. The molecule has 1 atom stereocenters. The number of carbonyl (C=O) groups is 3. The highest BCUT2D eigenvalue weighted by Crippen LogP contribution is 2.05. The van der Waals surface area contributed by atoms with E-state index in [1.165, 1.54) is 12.3 Å². The van der Waals surface area contributed by atoms with Gasteiger partial charge >= 0.3 is 6.09 Å². The van der Waals surface area contributed by atoms with Crippen LogP contribution in [0.1, 0.15) is 26.2 Å². The van der Waals surface area contributed by atoms with Crippen LogP contribution in [-0.4, -0.2) is 33.9 Å². The van der Waals surface area contributed by atoms with Crippen molar-refractivity contribution in [3.8, 4) is 0 Å². The second kappa shape index (κ2) is 7.88. The number of carbonyl (C=O) groups excluding carboxylic acids is 2. The second-order valence-electron chi connectivity index (χ2n) is 4.18. The number of aromatic nitrogens is 1. The summed E-state index contributed by atoms with van der Waals surface area (Å²) in [5.74, 6) is -1.44. The first-order valence-electron chi connectivity index (χ1n) is 6.30. The number of nitrogens with one attached hydrogen (secondary N) is 2. The molecule has 1 aromatic rings. The summed E-state index contributed by atoms with van der Waals surface area (Å²) in [6.07, 6.45) is 1.88. The first kappa shape index (κ1) is 15.6. The van der Waals surface area contributed by atoms with Gasteiger partial charge in [-0.15, -0.1) is 0 Å². The Kier molecular flexibility index (Phi) is 6.15. The molecule has 0 aliphatic carbocycles. The van der Waals surface area contributed by atoms with E-state index in [-0.39, 0.29) is 12.2 Å². The molecule has 0 saturated heterocycles. The van der Waals surface area contributed by atoms with E-state index in [1.807, 2.05) is 6.92 Å². The normalized spacial score (nSPS) is 11.4. The molecule has 0 radical (unpaired) electrons. The van der Waals surface area contributed by atoms with Gasteiger partial charge in [-0.3, -0.25) is 9.59 Å². The predicted molar refractivity (Wildman–Crippen MR) is 72.3 cm³/mol. The number of ketones is 1. The highest BCUT2D eigenvalue weighted by Gasteiger charge is 2.26. The number of hydrogen-bond donors (Lipinski definition) is 3. The molecule has 1 aromatic heterocycles. The van der Waals surface area contributed by atoms with Gasteiger partial charge in [0.1, 0.15) is 11.9 Å².